The number of pyridine rings is 1. The van der Waals surface area contributed by atoms with Crippen molar-refractivity contribution in [3.8, 4) is 11.3 Å². The lowest BCUT2D eigenvalue weighted by atomic mass is 10.0. The van der Waals surface area contributed by atoms with E-state index in [-0.39, 0.29) is 5.91 Å². The van der Waals surface area contributed by atoms with Crippen LogP contribution in [0.25, 0.3) is 22.2 Å². The van der Waals surface area contributed by atoms with Crippen LogP contribution in [0.1, 0.15) is 45.6 Å². The number of carbonyl (C=O) groups excluding carboxylic acids is 1. The minimum atomic E-state index is 0.0461. The summed E-state index contributed by atoms with van der Waals surface area (Å²) in [4.78, 5) is 16.8. The molecule has 0 aliphatic heterocycles. The molecule has 0 fully saturated rings. The molecule has 3 aromatic rings. The first-order chi connectivity index (χ1) is 12.4. The van der Waals surface area contributed by atoms with E-state index in [0.29, 0.717) is 18.3 Å². The number of fused-ring (bicyclic) bond motifs is 1. The number of anilines is 1. The molecule has 0 saturated heterocycles. The molecular formula is C23H26N2O. The van der Waals surface area contributed by atoms with Gasteiger partial charge >= 0.3 is 0 Å². The van der Waals surface area contributed by atoms with Gasteiger partial charge in [-0.25, -0.2) is 4.98 Å². The van der Waals surface area contributed by atoms with Crippen molar-refractivity contribution in [1.82, 2.24) is 4.98 Å². The molecule has 1 heterocycles. The number of aromatic nitrogens is 1. The van der Waals surface area contributed by atoms with Gasteiger partial charge in [-0.3, -0.25) is 4.79 Å². The van der Waals surface area contributed by atoms with Crippen LogP contribution in [0.2, 0.25) is 0 Å². The summed E-state index contributed by atoms with van der Waals surface area (Å²) in [7, 11) is 0. The molecule has 0 atom stereocenters. The Morgan fingerprint density at radius 1 is 1.00 bits per heavy atom. The van der Waals surface area contributed by atoms with Gasteiger partial charge in [-0.05, 0) is 47.7 Å². The maximum Gasteiger partial charge on any atom is 0.224 e. The number of carbonyl (C=O) groups is 1. The molecular weight excluding hydrogens is 320 g/mol. The van der Waals surface area contributed by atoms with Crippen LogP contribution >= 0.6 is 0 Å². The van der Waals surface area contributed by atoms with Crippen LogP contribution < -0.4 is 5.32 Å². The Labute approximate surface area is 155 Å². The Kier molecular flexibility index (Phi) is 5.36. The molecule has 26 heavy (non-hydrogen) atoms. The first-order valence-corrected chi connectivity index (χ1v) is 9.23. The summed E-state index contributed by atoms with van der Waals surface area (Å²) in [5.41, 5.74) is 5.03. The molecule has 1 aromatic heterocycles. The summed E-state index contributed by atoms with van der Waals surface area (Å²) < 4.78 is 0. The second kappa shape index (κ2) is 7.69. The maximum atomic E-state index is 12.0. The molecule has 1 N–H and O–H groups in total. The first kappa shape index (κ1) is 18.1. The van der Waals surface area contributed by atoms with E-state index in [1.54, 1.807) is 0 Å². The Morgan fingerprint density at radius 3 is 2.54 bits per heavy atom. The van der Waals surface area contributed by atoms with Crippen molar-refractivity contribution in [1.29, 1.82) is 0 Å². The van der Waals surface area contributed by atoms with E-state index in [9.17, 15) is 4.79 Å². The minimum Gasteiger partial charge on any atom is -0.326 e. The van der Waals surface area contributed by atoms with Crippen molar-refractivity contribution in [2.75, 3.05) is 5.32 Å². The lowest BCUT2D eigenvalue weighted by Gasteiger charge is -2.10. The number of nitrogens with one attached hydrogen (secondary N) is 1. The molecule has 0 saturated carbocycles. The van der Waals surface area contributed by atoms with Gasteiger partial charge in [0, 0.05) is 23.1 Å². The second-order valence-electron chi connectivity index (χ2n) is 7.53. The fourth-order valence-corrected chi connectivity index (χ4v) is 3.00. The lowest BCUT2D eigenvalue weighted by Crippen LogP contribution is -2.13. The summed E-state index contributed by atoms with van der Waals surface area (Å²) in [6.45, 7) is 8.48. The summed E-state index contributed by atoms with van der Waals surface area (Å²) in [6.07, 6.45) is 0.524. The van der Waals surface area contributed by atoms with Crippen molar-refractivity contribution >= 4 is 22.5 Å². The number of hydrogen-bond donors (Lipinski definition) is 1. The van der Waals surface area contributed by atoms with Gasteiger partial charge in [0.1, 0.15) is 0 Å². The number of rotatable bonds is 5. The number of hydrogen-bond acceptors (Lipinski definition) is 2. The molecule has 2 aromatic carbocycles. The van der Waals surface area contributed by atoms with E-state index >= 15 is 0 Å². The zero-order valence-electron chi connectivity index (χ0n) is 15.9. The standard InChI is InChI=1S/C23H26N2O/c1-15(2)12-23(26)24-20-7-5-6-18(14-20)21-11-9-19-13-17(16(3)4)8-10-22(19)25-21/h5-11,13-16H,12H2,1-4H3,(H,24,26). The summed E-state index contributed by atoms with van der Waals surface area (Å²) in [6, 6.07) is 18.5. The molecule has 3 heteroatoms. The van der Waals surface area contributed by atoms with Gasteiger partial charge in [0.2, 0.25) is 5.91 Å². The van der Waals surface area contributed by atoms with Gasteiger partial charge in [0.25, 0.3) is 0 Å². The Balaban J connectivity index is 1.88. The van der Waals surface area contributed by atoms with Gasteiger partial charge < -0.3 is 5.32 Å². The highest BCUT2D eigenvalue weighted by atomic mass is 16.1. The third-order valence-corrected chi connectivity index (χ3v) is 4.42. The molecule has 0 aliphatic carbocycles. The SMILES string of the molecule is CC(C)CC(=O)Nc1cccc(-c2ccc3cc(C(C)C)ccc3n2)c1. The van der Waals surface area contributed by atoms with Crippen LogP contribution in [0.5, 0.6) is 0 Å². The zero-order chi connectivity index (χ0) is 18.7. The van der Waals surface area contributed by atoms with Crippen LogP contribution in [0.3, 0.4) is 0 Å². The fraction of sp³-hybridized carbons (Fsp3) is 0.304. The molecule has 0 spiro atoms. The largest absolute Gasteiger partial charge is 0.326 e. The number of amides is 1. The monoisotopic (exact) mass is 346 g/mol. The van der Waals surface area contributed by atoms with E-state index in [2.05, 4.69) is 43.4 Å². The topological polar surface area (TPSA) is 42.0 Å². The number of benzene rings is 2. The Hall–Kier alpha value is -2.68. The smallest absolute Gasteiger partial charge is 0.224 e. The predicted octanol–water partition coefficient (Wildman–Crippen LogP) is 6.01. The molecule has 0 aliphatic rings. The highest BCUT2D eigenvalue weighted by molar-refractivity contribution is 5.91. The fourth-order valence-electron chi connectivity index (χ4n) is 3.00. The van der Waals surface area contributed by atoms with E-state index < -0.39 is 0 Å². The summed E-state index contributed by atoms with van der Waals surface area (Å²) in [5, 5.41) is 4.13. The maximum absolute atomic E-state index is 12.0. The predicted molar refractivity (Wildman–Crippen MR) is 109 cm³/mol. The van der Waals surface area contributed by atoms with Gasteiger partial charge in [0.05, 0.1) is 11.2 Å². The Morgan fingerprint density at radius 2 is 1.81 bits per heavy atom. The zero-order valence-corrected chi connectivity index (χ0v) is 15.9. The first-order valence-electron chi connectivity index (χ1n) is 9.23. The van der Waals surface area contributed by atoms with Crippen LogP contribution in [0.15, 0.2) is 54.6 Å². The summed E-state index contributed by atoms with van der Waals surface area (Å²) >= 11 is 0. The van der Waals surface area contributed by atoms with Crippen LogP contribution in [-0.4, -0.2) is 10.9 Å². The van der Waals surface area contributed by atoms with Crippen molar-refractivity contribution in [3.05, 3.63) is 60.2 Å². The quantitative estimate of drug-likeness (QED) is 0.614. The van der Waals surface area contributed by atoms with Gasteiger partial charge in [-0.1, -0.05) is 52.0 Å². The van der Waals surface area contributed by atoms with Crippen molar-refractivity contribution in [2.45, 2.75) is 40.0 Å². The van der Waals surface area contributed by atoms with E-state index in [4.69, 9.17) is 4.98 Å². The van der Waals surface area contributed by atoms with Crippen LogP contribution in [0, 0.1) is 5.92 Å². The molecule has 134 valence electrons. The van der Waals surface area contributed by atoms with Crippen LogP contribution in [-0.2, 0) is 4.79 Å². The molecule has 0 radical (unpaired) electrons. The molecule has 0 unspecified atom stereocenters. The molecule has 3 nitrogen and oxygen atoms in total. The van der Waals surface area contributed by atoms with Crippen molar-refractivity contribution in [3.63, 3.8) is 0 Å². The summed E-state index contributed by atoms with van der Waals surface area (Å²) in [5.74, 6) is 0.895. The highest BCUT2D eigenvalue weighted by Gasteiger charge is 2.08. The minimum absolute atomic E-state index is 0.0461. The van der Waals surface area contributed by atoms with Gasteiger partial charge in [-0.2, -0.15) is 0 Å². The third-order valence-electron chi connectivity index (χ3n) is 4.42. The number of nitrogens with zero attached hydrogens (tertiary/aromatic N) is 1. The molecule has 0 bridgehead atoms. The molecule has 1 amide bonds. The lowest BCUT2D eigenvalue weighted by molar-refractivity contribution is -0.116. The van der Waals surface area contributed by atoms with Gasteiger partial charge in [-0.15, -0.1) is 0 Å². The van der Waals surface area contributed by atoms with E-state index in [0.717, 1.165) is 27.8 Å². The van der Waals surface area contributed by atoms with Crippen molar-refractivity contribution in [2.24, 2.45) is 5.92 Å². The average Bonchev–Trinajstić information content (AvgIpc) is 2.60. The highest BCUT2D eigenvalue weighted by Crippen LogP contribution is 2.26. The van der Waals surface area contributed by atoms with E-state index in [1.165, 1.54) is 5.56 Å². The van der Waals surface area contributed by atoms with Crippen LogP contribution in [0.4, 0.5) is 5.69 Å². The Bertz CT molecular complexity index is 928. The third kappa shape index (κ3) is 4.29. The molecule has 3 rings (SSSR count). The average molecular weight is 346 g/mol. The van der Waals surface area contributed by atoms with Gasteiger partial charge in [0.15, 0.2) is 0 Å². The van der Waals surface area contributed by atoms with E-state index in [1.807, 2.05) is 44.2 Å². The van der Waals surface area contributed by atoms with Crippen molar-refractivity contribution < 1.29 is 4.79 Å². The second-order valence-corrected chi connectivity index (χ2v) is 7.53. The normalized spacial score (nSPS) is 11.3.